The topological polar surface area (TPSA) is 46.3 Å². The average Bonchev–Trinajstić information content (AvgIpc) is 2.43. The van der Waals surface area contributed by atoms with Gasteiger partial charge >= 0.3 is 0 Å². The number of benzene rings is 1. The number of likely N-dealkylation sites (tertiary alicyclic amines) is 1. The first-order valence-corrected chi connectivity index (χ1v) is 8.01. The van der Waals surface area contributed by atoms with Crippen LogP contribution in [-0.4, -0.2) is 29.4 Å². The van der Waals surface area contributed by atoms with Crippen LogP contribution >= 0.6 is 15.9 Å². The third kappa shape index (κ3) is 3.23. The largest absolute Gasteiger partial charge is 0.336 e. The van der Waals surface area contributed by atoms with Crippen LogP contribution in [0.2, 0.25) is 0 Å². The highest BCUT2D eigenvalue weighted by Gasteiger charge is 2.36. The summed E-state index contributed by atoms with van der Waals surface area (Å²) in [5.41, 5.74) is 7.99. The zero-order valence-electron chi connectivity index (χ0n) is 12.3. The van der Waals surface area contributed by atoms with E-state index in [0.29, 0.717) is 13.0 Å². The van der Waals surface area contributed by atoms with Crippen LogP contribution in [0.25, 0.3) is 0 Å². The number of carbonyl (C=O) groups is 1. The van der Waals surface area contributed by atoms with E-state index >= 15 is 0 Å². The van der Waals surface area contributed by atoms with Gasteiger partial charge in [-0.2, -0.15) is 0 Å². The quantitative estimate of drug-likeness (QED) is 0.920. The molecule has 0 aromatic heterocycles. The van der Waals surface area contributed by atoms with Crippen molar-refractivity contribution in [1.82, 2.24) is 4.90 Å². The van der Waals surface area contributed by atoms with Crippen molar-refractivity contribution in [3.8, 4) is 0 Å². The fourth-order valence-corrected chi connectivity index (χ4v) is 3.32. The summed E-state index contributed by atoms with van der Waals surface area (Å²) in [5.74, 6) is 0.193. The molecule has 0 saturated carbocycles. The van der Waals surface area contributed by atoms with Crippen LogP contribution in [-0.2, 0) is 11.2 Å². The van der Waals surface area contributed by atoms with E-state index < -0.39 is 0 Å². The lowest BCUT2D eigenvalue weighted by molar-refractivity contribution is -0.138. The zero-order chi connectivity index (χ0) is 14.8. The SMILES string of the molecule is Cc1ccc(Br)cc1CC(=O)N1CCCCC1(C)CN. The van der Waals surface area contributed by atoms with Crippen LogP contribution in [0.4, 0.5) is 0 Å². The molecule has 2 N–H and O–H groups in total. The lowest BCUT2D eigenvalue weighted by Gasteiger charge is -2.44. The van der Waals surface area contributed by atoms with Gasteiger partial charge in [0.15, 0.2) is 0 Å². The normalized spacial score (nSPS) is 22.9. The van der Waals surface area contributed by atoms with E-state index in [1.54, 1.807) is 0 Å². The van der Waals surface area contributed by atoms with Crippen molar-refractivity contribution in [1.29, 1.82) is 0 Å². The van der Waals surface area contributed by atoms with Gasteiger partial charge in [-0.1, -0.05) is 22.0 Å². The van der Waals surface area contributed by atoms with Gasteiger partial charge in [-0.3, -0.25) is 4.79 Å². The number of halogens is 1. The van der Waals surface area contributed by atoms with Crippen molar-refractivity contribution in [2.75, 3.05) is 13.1 Å². The Morgan fingerprint density at radius 3 is 2.90 bits per heavy atom. The number of nitrogens with two attached hydrogens (primary N) is 1. The Morgan fingerprint density at radius 1 is 1.45 bits per heavy atom. The summed E-state index contributed by atoms with van der Waals surface area (Å²) < 4.78 is 1.02. The first-order chi connectivity index (χ1) is 9.46. The number of hydrogen-bond donors (Lipinski definition) is 1. The van der Waals surface area contributed by atoms with Crippen LogP contribution in [0.15, 0.2) is 22.7 Å². The maximum atomic E-state index is 12.7. The maximum Gasteiger partial charge on any atom is 0.227 e. The number of aryl methyl sites for hydroxylation is 1. The van der Waals surface area contributed by atoms with Crippen LogP contribution in [0.1, 0.15) is 37.3 Å². The summed E-state index contributed by atoms with van der Waals surface area (Å²) in [6.07, 6.45) is 3.71. The molecule has 1 saturated heterocycles. The molecule has 1 aromatic rings. The van der Waals surface area contributed by atoms with Crippen molar-refractivity contribution >= 4 is 21.8 Å². The number of amides is 1. The molecular weight excluding hydrogens is 316 g/mol. The lowest BCUT2D eigenvalue weighted by atomic mass is 9.88. The Kier molecular flexibility index (Phi) is 4.86. The first kappa shape index (κ1) is 15.5. The predicted molar refractivity (Wildman–Crippen MR) is 85.6 cm³/mol. The third-order valence-corrected chi connectivity index (χ3v) is 4.89. The molecule has 0 bridgehead atoms. The highest BCUT2D eigenvalue weighted by Crippen LogP contribution is 2.28. The van der Waals surface area contributed by atoms with E-state index in [-0.39, 0.29) is 11.4 Å². The molecule has 1 atom stereocenters. The van der Waals surface area contributed by atoms with E-state index in [2.05, 4.69) is 22.9 Å². The minimum Gasteiger partial charge on any atom is -0.336 e. The Balaban J connectivity index is 2.16. The monoisotopic (exact) mass is 338 g/mol. The molecule has 20 heavy (non-hydrogen) atoms. The number of rotatable bonds is 3. The zero-order valence-corrected chi connectivity index (χ0v) is 13.9. The van der Waals surface area contributed by atoms with E-state index in [0.717, 1.165) is 41.4 Å². The van der Waals surface area contributed by atoms with Gasteiger partial charge in [0.25, 0.3) is 0 Å². The fraction of sp³-hybridized carbons (Fsp3) is 0.562. The summed E-state index contributed by atoms with van der Waals surface area (Å²) in [5, 5.41) is 0. The van der Waals surface area contributed by atoms with Crippen LogP contribution in [0, 0.1) is 6.92 Å². The number of carbonyl (C=O) groups excluding carboxylic acids is 1. The molecule has 1 amide bonds. The van der Waals surface area contributed by atoms with Crippen molar-refractivity contribution in [2.24, 2.45) is 5.73 Å². The van der Waals surface area contributed by atoms with Gasteiger partial charge in [0, 0.05) is 17.6 Å². The van der Waals surface area contributed by atoms with Gasteiger partial charge in [0.2, 0.25) is 5.91 Å². The maximum absolute atomic E-state index is 12.7. The van der Waals surface area contributed by atoms with E-state index in [1.807, 2.05) is 30.0 Å². The van der Waals surface area contributed by atoms with E-state index in [9.17, 15) is 4.79 Å². The molecule has 0 radical (unpaired) electrons. The molecule has 0 aliphatic carbocycles. The van der Waals surface area contributed by atoms with Gasteiger partial charge in [0.05, 0.1) is 12.0 Å². The van der Waals surface area contributed by atoms with Crippen LogP contribution in [0.5, 0.6) is 0 Å². The molecule has 2 rings (SSSR count). The summed E-state index contributed by atoms with van der Waals surface area (Å²) in [4.78, 5) is 14.7. The molecule has 110 valence electrons. The third-order valence-electron chi connectivity index (χ3n) is 4.39. The molecule has 1 aliphatic rings. The molecule has 0 spiro atoms. The van der Waals surface area contributed by atoms with Crippen molar-refractivity contribution in [3.63, 3.8) is 0 Å². The molecular formula is C16H23BrN2O. The second-order valence-electron chi connectivity index (χ2n) is 5.95. The summed E-state index contributed by atoms with van der Waals surface area (Å²) in [6.45, 7) is 5.53. The van der Waals surface area contributed by atoms with Crippen LogP contribution in [0.3, 0.4) is 0 Å². The Bertz CT molecular complexity index is 503. The highest BCUT2D eigenvalue weighted by atomic mass is 79.9. The number of nitrogens with zero attached hydrogens (tertiary/aromatic N) is 1. The Labute approximate surface area is 129 Å². The van der Waals surface area contributed by atoms with E-state index in [1.165, 1.54) is 0 Å². The van der Waals surface area contributed by atoms with Gasteiger partial charge < -0.3 is 10.6 Å². The molecule has 1 unspecified atom stereocenters. The summed E-state index contributed by atoms with van der Waals surface area (Å²) in [7, 11) is 0. The molecule has 3 nitrogen and oxygen atoms in total. The second kappa shape index (κ2) is 6.27. The molecule has 1 aliphatic heterocycles. The smallest absolute Gasteiger partial charge is 0.227 e. The van der Waals surface area contributed by atoms with Crippen molar-refractivity contribution in [3.05, 3.63) is 33.8 Å². The summed E-state index contributed by atoms with van der Waals surface area (Å²) >= 11 is 3.47. The van der Waals surface area contributed by atoms with Crippen LogP contribution < -0.4 is 5.73 Å². The summed E-state index contributed by atoms with van der Waals surface area (Å²) in [6, 6.07) is 6.09. The lowest BCUT2D eigenvalue weighted by Crippen LogP contribution is -2.57. The second-order valence-corrected chi connectivity index (χ2v) is 6.87. The fourth-order valence-electron chi connectivity index (χ4n) is 2.91. The highest BCUT2D eigenvalue weighted by molar-refractivity contribution is 9.10. The molecule has 4 heteroatoms. The molecule has 1 fully saturated rings. The average molecular weight is 339 g/mol. The van der Waals surface area contributed by atoms with Gasteiger partial charge in [-0.25, -0.2) is 0 Å². The number of piperidine rings is 1. The molecule has 1 aromatic carbocycles. The van der Waals surface area contributed by atoms with Gasteiger partial charge in [0.1, 0.15) is 0 Å². The Morgan fingerprint density at radius 2 is 2.20 bits per heavy atom. The van der Waals surface area contributed by atoms with Gasteiger partial charge in [-0.05, 0) is 56.4 Å². The van der Waals surface area contributed by atoms with Crippen molar-refractivity contribution in [2.45, 2.75) is 45.1 Å². The van der Waals surface area contributed by atoms with E-state index in [4.69, 9.17) is 5.73 Å². The minimum atomic E-state index is -0.171. The van der Waals surface area contributed by atoms with Gasteiger partial charge in [-0.15, -0.1) is 0 Å². The minimum absolute atomic E-state index is 0.171. The Hall–Kier alpha value is -0.870. The predicted octanol–water partition coefficient (Wildman–Crippen LogP) is 3.03. The first-order valence-electron chi connectivity index (χ1n) is 7.22. The standard InChI is InChI=1S/C16H23BrN2O/c1-12-5-6-14(17)9-13(12)10-15(20)19-8-4-3-7-16(19,2)11-18/h5-6,9H,3-4,7-8,10-11,18H2,1-2H3. The van der Waals surface area contributed by atoms with Crippen molar-refractivity contribution < 1.29 is 4.79 Å². The molecule has 1 heterocycles. The number of hydrogen-bond acceptors (Lipinski definition) is 2.